The average Bonchev–Trinajstić information content (AvgIpc) is 2.28. The zero-order valence-electron chi connectivity index (χ0n) is 8.44. The fraction of sp³-hybridized carbons (Fsp3) is 0.0909. The number of halogens is 1. The third kappa shape index (κ3) is 1.74. The van der Waals surface area contributed by atoms with Crippen LogP contribution in [0.1, 0.15) is 5.76 Å². The Morgan fingerprint density at radius 2 is 1.81 bits per heavy atom. The number of rotatable bonds is 1. The summed E-state index contributed by atoms with van der Waals surface area (Å²) in [6.45, 7) is 1.56. The predicted molar refractivity (Wildman–Crippen MR) is 63.0 cm³/mol. The minimum atomic E-state index is -0.683. The molecule has 1 aromatic heterocycles. The van der Waals surface area contributed by atoms with Gasteiger partial charge in [-0.05, 0) is 35.0 Å². The zero-order chi connectivity index (χ0) is 11.7. The molecule has 16 heavy (non-hydrogen) atoms. The molecule has 1 heterocycles. The van der Waals surface area contributed by atoms with Crippen LogP contribution in [0.4, 0.5) is 0 Å². The van der Waals surface area contributed by atoms with E-state index in [4.69, 9.17) is 4.42 Å². The van der Waals surface area contributed by atoms with E-state index in [-0.39, 0.29) is 10.2 Å². The first-order valence-corrected chi connectivity index (χ1v) is 5.38. The van der Waals surface area contributed by atoms with Gasteiger partial charge < -0.3 is 4.42 Å². The highest BCUT2D eigenvalue weighted by molar-refractivity contribution is 9.10. The molecule has 0 bridgehead atoms. The Morgan fingerprint density at radius 1 is 1.19 bits per heavy atom. The van der Waals surface area contributed by atoms with Crippen molar-refractivity contribution in [3.63, 3.8) is 0 Å². The Hall–Kier alpha value is -1.62. The molecule has 0 aliphatic heterocycles. The molecule has 0 atom stereocenters. The third-order valence-corrected chi connectivity index (χ3v) is 3.03. The molecule has 0 N–H and O–H groups in total. The van der Waals surface area contributed by atoms with Gasteiger partial charge in [0.25, 0.3) is 5.56 Å². The first-order chi connectivity index (χ1) is 7.61. The summed E-state index contributed by atoms with van der Waals surface area (Å²) >= 11 is 3.10. The Balaban J connectivity index is 2.82. The third-order valence-electron chi connectivity index (χ3n) is 2.14. The van der Waals surface area contributed by atoms with E-state index in [0.29, 0.717) is 5.69 Å². The standard InChI is InChI=1S/C11H8BrNO3/c1-7-9(12)10(14)13(11(15)16-7)8-5-3-2-4-6-8/h2-6H,1H3. The quantitative estimate of drug-likeness (QED) is 0.802. The van der Waals surface area contributed by atoms with Crippen molar-refractivity contribution in [3.8, 4) is 5.69 Å². The van der Waals surface area contributed by atoms with Crippen molar-refractivity contribution in [1.29, 1.82) is 0 Å². The van der Waals surface area contributed by atoms with Crippen LogP contribution in [-0.4, -0.2) is 4.57 Å². The highest BCUT2D eigenvalue weighted by Crippen LogP contribution is 2.09. The second-order valence-electron chi connectivity index (χ2n) is 3.21. The molecule has 0 spiro atoms. The van der Waals surface area contributed by atoms with Crippen molar-refractivity contribution >= 4 is 15.9 Å². The van der Waals surface area contributed by atoms with E-state index >= 15 is 0 Å². The van der Waals surface area contributed by atoms with Gasteiger partial charge in [-0.25, -0.2) is 9.36 Å². The van der Waals surface area contributed by atoms with Gasteiger partial charge in [-0.3, -0.25) is 4.79 Å². The van der Waals surface area contributed by atoms with Gasteiger partial charge in [0.1, 0.15) is 10.2 Å². The molecule has 2 rings (SSSR count). The second kappa shape index (κ2) is 4.09. The van der Waals surface area contributed by atoms with E-state index in [0.717, 1.165) is 4.57 Å². The normalized spacial score (nSPS) is 10.4. The Labute approximate surface area is 99.3 Å². The smallest absolute Gasteiger partial charge is 0.413 e. The summed E-state index contributed by atoms with van der Waals surface area (Å²) in [6.07, 6.45) is 0. The van der Waals surface area contributed by atoms with Crippen LogP contribution >= 0.6 is 15.9 Å². The van der Waals surface area contributed by atoms with Gasteiger partial charge in [0, 0.05) is 0 Å². The highest BCUT2D eigenvalue weighted by atomic mass is 79.9. The van der Waals surface area contributed by atoms with Gasteiger partial charge in [0.2, 0.25) is 0 Å². The molecule has 0 fully saturated rings. The minimum absolute atomic E-state index is 0.260. The minimum Gasteiger partial charge on any atom is -0.413 e. The van der Waals surface area contributed by atoms with Gasteiger partial charge in [0.05, 0.1) is 5.69 Å². The molecule has 2 aromatic rings. The van der Waals surface area contributed by atoms with E-state index in [1.165, 1.54) is 0 Å². The van der Waals surface area contributed by atoms with Crippen molar-refractivity contribution in [2.75, 3.05) is 0 Å². The predicted octanol–water partition coefficient (Wildman–Crippen LogP) is 1.86. The largest absolute Gasteiger partial charge is 0.426 e. The van der Waals surface area contributed by atoms with Crippen molar-refractivity contribution < 1.29 is 4.42 Å². The summed E-state index contributed by atoms with van der Waals surface area (Å²) in [5, 5.41) is 0. The number of benzene rings is 1. The number of hydrogen-bond acceptors (Lipinski definition) is 3. The van der Waals surface area contributed by atoms with Crippen molar-refractivity contribution in [1.82, 2.24) is 4.57 Å². The van der Waals surface area contributed by atoms with E-state index in [2.05, 4.69) is 15.9 Å². The lowest BCUT2D eigenvalue weighted by atomic mass is 10.3. The fourth-order valence-electron chi connectivity index (χ4n) is 1.35. The molecular formula is C11H8BrNO3. The highest BCUT2D eigenvalue weighted by Gasteiger charge is 2.11. The number of aromatic nitrogens is 1. The van der Waals surface area contributed by atoms with Gasteiger partial charge >= 0.3 is 5.76 Å². The Morgan fingerprint density at radius 3 is 2.44 bits per heavy atom. The maximum Gasteiger partial charge on any atom is 0.426 e. The summed E-state index contributed by atoms with van der Waals surface area (Å²) in [6, 6.07) is 8.63. The van der Waals surface area contributed by atoms with Crippen LogP contribution < -0.4 is 11.3 Å². The van der Waals surface area contributed by atoms with Crippen LogP contribution in [-0.2, 0) is 0 Å². The van der Waals surface area contributed by atoms with Crippen molar-refractivity contribution in [3.05, 3.63) is 61.5 Å². The second-order valence-corrected chi connectivity index (χ2v) is 4.01. The zero-order valence-corrected chi connectivity index (χ0v) is 10.0. The molecule has 0 saturated heterocycles. The Bertz CT molecular complexity index is 628. The maximum absolute atomic E-state index is 11.9. The molecule has 0 aliphatic carbocycles. The first-order valence-electron chi connectivity index (χ1n) is 4.59. The van der Waals surface area contributed by atoms with Crippen LogP contribution in [0.3, 0.4) is 0 Å². The van der Waals surface area contributed by atoms with Gasteiger partial charge in [-0.1, -0.05) is 18.2 Å². The molecular weight excluding hydrogens is 274 g/mol. The molecule has 1 aromatic carbocycles. The van der Waals surface area contributed by atoms with Crippen molar-refractivity contribution in [2.45, 2.75) is 6.92 Å². The van der Waals surface area contributed by atoms with Gasteiger partial charge in [-0.2, -0.15) is 0 Å². The number of aryl methyl sites for hydroxylation is 1. The molecule has 4 nitrogen and oxygen atoms in total. The SMILES string of the molecule is Cc1oc(=O)n(-c2ccccc2)c(=O)c1Br. The van der Waals surface area contributed by atoms with Crippen molar-refractivity contribution in [2.24, 2.45) is 0 Å². The number of para-hydroxylation sites is 1. The molecule has 5 heteroatoms. The van der Waals surface area contributed by atoms with Crippen LogP contribution in [0.2, 0.25) is 0 Å². The Kier molecular flexibility index (Phi) is 2.78. The van der Waals surface area contributed by atoms with Gasteiger partial charge in [0.15, 0.2) is 0 Å². The van der Waals surface area contributed by atoms with Crippen LogP contribution in [0.15, 0.2) is 48.8 Å². The number of nitrogens with zero attached hydrogens (tertiary/aromatic N) is 1. The monoisotopic (exact) mass is 281 g/mol. The summed E-state index contributed by atoms with van der Waals surface area (Å²) in [4.78, 5) is 23.5. The average molecular weight is 282 g/mol. The fourth-order valence-corrected chi connectivity index (χ4v) is 1.61. The number of hydrogen-bond donors (Lipinski definition) is 0. The molecule has 0 radical (unpaired) electrons. The lowest BCUT2D eigenvalue weighted by Gasteiger charge is -2.04. The molecule has 0 saturated carbocycles. The summed E-state index contributed by atoms with van der Waals surface area (Å²) in [5.41, 5.74) is 0.0712. The van der Waals surface area contributed by atoms with E-state index in [1.807, 2.05) is 0 Å². The van der Waals surface area contributed by atoms with E-state index in [1.54, 1.807) is 37.3 Å². The molecule has 82 valence electrons. The first kappa shape index (κ1) is 10.9. The van der Waals surface area contributed by atoms with Gasteiger partial charge in [-0.15, -0.1) is 0 Å². The topological polar surface area (TPSA) is 52.2 Å². The maximum atomic E-state index is 11.9. The van der Waals surface area contributed by atoms with Crippen LogP contribution in [0, 0.1) is 6.92 Å². The molecule has 0 amide bonds. The molecule has 0 unspecified atom stereocenters. The lowest BCUT2D eigenvalue weighted by Crippen LogP contribution is -2.32. The van der Waals surface area contributed by atoms with E-state index < -0.39 is 11.3 Å². The van der Waals surface area contributed by atoms with E-state index in [9.17, 15) is 9.59 Å². The summed E-state index contributed by atoms with van der Waals surface area (Å²) < 4.78 is 6.18. The summed E-state index contributed by atoms with van der Waals surface area (Å²) in [5.74, 6) is -0.404. The van der Waals surface area contributed by atoms with Crippen LogP contribution in [0.5, 0.6) is 0 Å². The van der Waals surface area contributed by atoms with Crippen LogP contribution in [0.25, 0.3) is 5.69 Å². The molecule has 0 aliphatic rings. The lowest BCUT2D eigenvalue weighted by molar-refractivity contribution is 0.428. The summed E-state index contributed by atoms with van der Waals surface area (Å²) in [7, 11) is 0.